The summed E-state index contributed by atoms with van der Waals surface area (Å²) >= 11 is 0. The Kier molecular flexibility index (Phi) is 5.57. The second kappa shape index (κ2) is 7.01. The minimum Gasteiger partial charge on any atom is -0.458 e. The smallest absolute Gasteiger partial charge is 0.338 e. The van der Waals surface area contributed by atoms with E-state index in [-0.39, 0.29) is 12.1 Å². The number of carbonyl (C=O) groups excluding carboxylic acids is 1. The minimum atomic E-state index is -0.258. The number of hydrogen-bond donors (Lipinski definition) is 1. The fourth-order valence-corrected chi connectivity index (χ4v) is 1.35. The lowest BCUT2D eigenvalue weighted by Crippen LogP contribution is -2.29. The van der Waals surface area contributed by atoms with Crippen molar-refractivity contribution in [2.75, 3.05) is 13.1 Å². The first-order valence-electron chi connectivity index (χ1n) is 5.70. The van der Waals surface area contributed by atoms with Crippen molar-refractivity contribution in [2.24, 2.45) is 0 Å². The maximum atomic E-state index is 11.6. The molecule has 16 heavy (non-hydrogen) atoms. The van der Waals surface area contributed by atoms with E-state index in [4.69, 9.17) is 4.74 Å². The Hall–Kier alpha value is -1.35. The van der Waals surface area contributed by atoms with Crippen molar-refractivity contribution in [3.8, 4) is 0 Å². The second-order valence-electron chi connectivity index (χ2n) is 3.79. The maximum absolute atomic E-state index is 11.6. The van der Waals surface area contributed by atoms with Crippen LogP contribution in [-0.2, 0) is 4.74 Å². The number of carbonyl (C=O) groups is 1. The summed E-state index contributed by atoms with van der Waals surface area (Å²) in [5.74, 6) is -0.258. The van der Waals surface area contributed by atoms with Crippen molar-refractivity contribution in [1.29, 1.82) is 0 Å². The van der Waals surface area contributed by atoms with Crippen molar-refractivity contribution < 1.29 is 9.53 Å². The summed E-state index contributed by atoms with van der Waals surface area (Å²) in [6.45, 7) is 5.65. The lowest BCUT2D eigenvalue weighted by Gasteiger charge is -2.13. The Bertz CT molecular complexity index is 311. The Balaban J connectivity index is 2.34. The molecule has 88 valence electrons. The molecule has 1 unspecified atom stereocenters. The Morgan fingerprint density at radius 3 is 2.69 bits per heavy atom. The van der Waals surface area contributed by atoms with E-state index in [0.29, 0.717) is 12.1 Å². The average Bonchev–Trinajstić information content (AvgIpc) is 2.30. The standard InChI is InChI=1S/C13H19NO2/c1-3-9-14-10-11(2)16-13(15)12-7-5-4-6-8-12/h4-8,11,14H,3,9-10H2,1-2H3. The number of rotatable bonds is 6. The predicted octanol–water partition coefficient (Wildman–Crippen LogP) is 2.23. The zero-order chi connectivity index (χ0) is 11.8. The first-order valence-corrected chi connectivity index (χ1v) is 5.70. The molecular weight excluding hydrogens is 202 g/mol. The first-order chi connectivity index (χ1) is 7.74. The molecule has 0 saturated carbocycles. The molecule has 3 heteroatoms. The molecule has 0 heterocycles. The molecule has 1 aromatic carbocycles. The quantitative estimate of drug-likeness (QED) is 0.591. The molecule has 0 aliphatic carbocycles. The third kappa shape index (κ3) is 4.45. The lowest BCUT2D eigenvalue weighted by molar-refractivity contribution is 0.0343. The highest BCUT2D eigenvalue weighted by Crippen LogP contribution is 2.03. The monoisotopic (exact) mass is 221 g/mol. The molecule has 0 fully saturated rings. The van der Waals surface area contributed by atoms with Crippen LogP contribution in [0, 0.1) is 0 Å². The number of hydrogen-bond acceptors (Lipinski definition) is 3. The van der Waals surface area contributed by atoms with Gasteiger partial charge in [0.2, 0.25) is 0 Å². The van der Waals surface area contributed by atoms with Gasteiger partial charge in [-0.3, -0.25) is 0 Å². The summed E-state index contributed by atoms with van der Waals surface area (Å²) in [6.07, 6.45) is 0.985. The Labute approximate surface area is 96.8 Å². The molecule has 0 radical (unpaired) electrons. The third-order valence-corrected chi connectivity index (χ3v) is 2.18. The van der Waals surface area contributed by atoms with Crippen molar-refractivity contribution in [2.45, 2.75) is 26.4 Å². The van der Waals surface area contributed by atoms with Crippen LogP contribution in [0.5, 0.6) is 0 Å². The molecule has 1 aromatic rings. The lowest BCUT2D eigenvalue weighted by atomic mass is 10.2. The zero-order valence-corrected chi connectivity index (χ0v) is 9.90. The average molecular weight is 221 g/mol. The van der Waals surface area contributed by atoms with Crippen LogP contribution in [0.1, 0.15) is 30.6 Å². The Morgan fingerprint density at radius 1 is 1.38 bits per heavy atom. The molecule has 0 spiro atoms. The van der Waals surface area contributed by atoms with Gasteiger partial charge in [-0.15, -0.1) is 0 Å². The van der Waals surface area contributed by atoms with Gasteiger partial charge in [0.1, 0.15) is 6.10 Å². The summed E-state index contributed by atoms with van der Waals surface area (Å²) < 4.78 is 5.28. The molecule has 0 bridgehead atoms. The third-order valence-electron chi connectivity index (χ3n) is 2.18. The second-order valence-corrected chi connectivity index (χ2v) is 3.79. The van der Waals surface area contributed by atoms with Gasteiger partial charge in [0.05, 0.1) is 5.56 Å². The number of benzene rings is 1. The molecule has 1 atom stereocenters. The van der Waals surface area contributed by atoms with E-state index < -0.39 is 0 Å². The van der Waals surface area contributed by atoms with E-state index in [2.05, 4.69) is 12.2 Å². The van der Waals surface area contributed by atoms with E-state index in [1.165, 1.54) is 0 Å². The van der Waals surface area contributed by atoms with Crippen LogP contribution in [0.2, 0.25) is 0 Å². The minimum absolute atomic E-state index is 0.0979. The first kappa shape index (κ1) is 12.7. The van der Waals surface area contributed by atoms with Gasteiger partial charge >= 0.3 is 5.97 Å². The van der Waals surface area contributed by atoms with E-state index in [1.807, 2.05) is 25.1 Å². The van der Waals surface area contributed by atoms with E-state index in [1.54, 1.807) is 12.1 Å². The summed E-state index contributed by atoms with van der Waals surface area (Å²) in [6, 6.07) is 9.05. The molecule has 0 amide bonds. The topological polar surface area (TPSA) is 38.3 Å². The highest BCUT2D eigenvalue weighted by molar-refractivity contribution is 5.89. The van der Waals surface area contributed by atoms with Crippen LogP contribution >= 0.6 is 0 Å². The number of esters is 1. The fraction of sp³-hybridized carbons (Fsp3) is 0.462. The molecule has 0 aliphatic rings. The highest BCUT2D eigenvalue weighted by Gasteiger charge is 2.10. The molecule has 1 rings (SSSR count). The van der Waals surface area contributed by atoms with Crippen LogP contribution in [-0.4, -0.2) is 25.2 Å². The normalized spacial score (nSPS) is 12.1. The summed E-state index contributed by atoms with van der Waals surface area (Å²) in [5.41, 5.74) is 0.602. The fourth-order valence-electron chi connectivity index (χ4n) is 1.35. The highest BCUT2D eigenvalue weighted by atomic mass is 16.5. The van der Waals surface area contributed by atoms with Crippen molar-refractivity contribution >= 4 is 5.97 Å². The van der Waals surface area contributed by atoms with Crippen LogP contribution < -0.4 is 5.32 Å². The van der Waals surface area contributed by atoms with Crippen LogP contribution in [0.3, 0.4) is 0 Å². The van der Waals surface area contributed by atoms with Gasteiger partial charge in [-0.1, -0.05) is 25.1 Å². The van der Waals surface area contributed by atoms with E-state index in [0.717, 1.165) is 13.0 Å². The Morgan fingerprint density at radius 2 is 2.06 bits per heavy atom. The van der Waals surface area contributed by atoms with Crippen molar-refractivity contribution in [1.82, 2.24) is 5.32 Å². The molecule has 3 nitrogen and oxygen atoms in total. The number of ether oxygens (including phenoxy) is 1. The zero-order valence-electron chi connectivity index (χ0n) is 9.90. The van der Waals surface area contributed by atoms with Gasteiger partial charge in [0.25, 0.3) is 0 Å². The predicted molar refractivity (Wildman–Crippen MR) is 64.5 cm³/mol. The molecule has 0 aliphatic heterocycles. The van der Waals surface area contributed by atoms with E-state index in [9.17, 15) is 4.79 Å². The molecule has 0 saturated heterocycles. The van der Waals surface area contributed by atoms with Crippen molar-refractivity contribution in [3.63, 3.8) is 0 Å². The largest absolute Gasteiger partial charge is 0.458 e. The van der Waals surface area contributed by atoms with Gasteiger partial charge in [-0.25, -0.2) is 4.79 Å². The molecule has 0 aromatic heterocycles. The van der Waals surface area contributed by atoms with Gasteiger partial charge in [-0.2, -0.15) is 0 Å². The number of nitrogens with one attached hydrogen (secondary N) is 1. The maximum Gasteiger partial charge on any atom is 0.338 e. The summed E-state index contributed by atoms with van der Waals surface area (Å²) in [7, 11) is 0. The SMILES string of the molecule is CCCNCC(C)OC(=O)c1ccccc1. The summed E-state index contributed by atoms with van der Waals surface area (Å²) in [4.78, 5) is 11.6. The molecular formula is C13H19NO2. The van der Waals surface area contributed by atoms with Gasteiger partial charge in [0, 0.05) is 6.54 Å². The molecule has 1 N–H and O–H groups in total. The summed E-state index contributed by atoms with van der Waals surface area (Å²) in [5, 5.41) is 3.21. The van der Waals surface area contributed by atoms with Gasteiger partial charge in [0.15, 0.2) is 0 Å². The van der Waals surface area contributed by atoms with Crippen LogP contribution in [0.25, 0.3) is 0 Å². The van der Waals surface area contributed by atoms with Gasteiger partial charge < -0.3 is 10.1 Å². The van der Waals surface area contributed by atoms with E-state index >= 15 is 0 Å². The van der Waals surface area contributed by atoms with Crippen molar-refractivity contribution in [3.05, 3.63) is 35.9 Å². The van der Waals surface area contributed by atoms with Crippen LogP contribution in [0.15, 0.2) is 30.3 Å². The van der Waals surface area contributed by atoms with Crippen LogP contribution in [0.4, 0.5) is 0 Å². The van der Waals surface area contributed by atoms with Gasteiger partial charge in [-0.05, 0) is 32.0 Å².